The molecule has 1 aromatic carbocycles. The lowest BCUT2D eigenvalue weighted by molar-refractivity contribution is -0.138. The number of aromatic nitrogens is 1. The minimum Gasteiger partial charge on any atom is -0.480 e. The maximum Gasteiger partial charge on any atom is 0.317 e. The first-order chi connectivity index (χ1) is 9.10. The molecule has 2 aromatic rings. The van der Waals surface area contributed by atoms with Crippen molar-refractivity contribution in [2.75, 3.05) is 7.05 Å². The molecule has 1 amide bonds. The van der Waals surface area contributed by atoms with Crippen LogP contribution < -0.4 is 5.32 Å². The zero-order chi connectivity index (χ0) is 13.8. The summed E-state index contributed by atoms with van der Waals surface area (Å²) in [6.45, 7) is 0. The number of nitrogens with one attached hydrogen (secondary N) is 1. The molecule has 0 aliphatic heterocycles. The Morgan fingerprint density at radius 1 is 1.47 bits per heavy atom. The average Bonchev–Trinajstić information content (AvgIpc) is 2.79. The molecule has 0 fully saturated rings. The average molecular weight is 280 g/mol. The van der Waals surface area contributed by atoms with Crippen molar-refractivity contribution in [2.45, 2.75) is 16.9 Å². The number of thioether (sulfide) groups is 1. The Kier molecular flexibility index (Phi) is 4.06. The maximum absolute atomic E-state index is 11.3. The van der Waals surface area contributed by atoms with Gasteiger partial charge in [0, 0.05) is 13.5 Å². The Balaban J connectivity index is 2.16. The minimum atomic E-state index is -1.07. The summed E-state index contributed by atoms with van der Waals surface area (Å²) in [5.41, 5.74) is 1.25. The van der Waals surface area contributed by atoms with Crippen LogP contribution in [0.3, 0.4) is 0 Å². The van der Waals surface area contributed by atoms with Gasteiger partial charge in [-0.3, -0.25) is 9.59 Å². The molecule has 1 unspecified atom stereocenters. The van der Waals surface area contributed by atoms with Crippen LogP contribution in [0, 0.1) is 0 Å². The van der Waals surface area contributed by atoms with Gasteiger partial charge in [0.2, 0.25) is 5.91 Å². The number of hydrogen-bond donors (Lipinski definition) is 2. The summed E-state index contributed by atoms with van der Waals surface area (Å²) in [5.74, 6) is -1.41. The van der Waals surface area contributed by atoms with Gasteiger partial charge >= 0.3 is 5.97 Å². The summed E-state index contributed by atoms with van der Waals surface area (Å²) < 4.78 is 5.42. The summed E-state index contributed by atoms with van der Waals surface area (Å²) in [6.07, 6.45) is -0.130. The Labute approximate surface area is 113 Å². The highest BCUT2D eigenvalue weighted by molar-refractivity contribution is 8.00. The van der Waals surface area contributed by atoms with Crippen LogP contribution in [0.5, 0.6) is 0 Å². The first-order valence-electron chi connectivity index (χ1n) is 5.55. The van der Waals surface area contributed by atoms with Gasteiger partial charge in [0.25, 0.3) is 5.22 Å². The molecule has 19 heavy (non-hydrogen) atoms. The van der Waals surface area contributed by atoms with E-state index in [2.05, 4.69) is 10.3 Å². The topological polar surface area (TPSA) is 92.4 Å². The van der Waals surface area contributed by atoms with E-state index in [0.717, 1.165) is 11.8 Å². The van der Waals surface area contributed by atoms with Crippen molar-refractivity contribution in [3.8, 4) is 0 Å². The smallest absolute Gasteiger partial charge is 0.317 e. The monoisotopic (exact) mass is 280 g/mol. The van der Waals surface area contributed by atoms with Gasteiger partial charge in [-0.25, -0.2) is 4.98 Å². The molecule has 0 saturated heterocycles. The second kappa shape index (κ2) is 5.75. The van der Waals surface area contributed by atoms with Crippen LogP contribution >= 0.6 is 11.8 Å². The van der Waals surface area contributed by atoms with Gasteiger partial charge in [0.05, 0.1) is 0 Å². The number of carboxylic acid groups (broad SMARTS) is 1. The Morgan fingerprint density at radius 2 is 2.21 bits per heavy atom. The number of carbonyl (C=O) groups excluding carboxylic acids is 1. The fourth-order valence-electron chi connectivity index (χ4n) is 1.47. The van der Waals surface area contributed by atoms with Gasteiger partial charge in [0.15, 0.2) is 5.58 Å². The van der Waals surface area contributed by atoms with Crippen molar-refractivity contribution in [3.05, 3.63) is 24.3 Å². The summed E-state index contributed by atoms with van der Waals surface area (Å²) >= 11 is 0.928. The molecular formula is C12H12N2O4S. The normalized spacial score (nSPS) is 12.3. The van der Waals surface area contributed by atoms with E-state index < -0.39 is 11.2 Å². The highest BCUT2D eigenvalue weighted by Gasteiger charge is 2.24. The van der Waals surface area contributed by atoms with Crippen LogP contribution in [0.4, 0.5) is 0 Å². The second-order valence-electron chi connectivity index (χ2n) is 3.77. The molecule has 100 valence electrons. The Bertz CT molecular complexity index is 578. The molecule has 1 heterocycles. The van der Waals surface area contributed by atoms with Crippen LogP contribution in [0.25, 0.3) is 11.1 Å². The largest absolute Gasteiger partial charge is 0.480 e. The van der Waals surface area contributed by atoms with Gasteiger partial charge < -0.3 is 14.8 Å². The quantitative estimate of drug-likeness (QED) is 0.806. The Morgan fingerprint density at radius 3 is 2.84 bits per heavy atom. The van der Waals surface area contributed by atoms with Gasteiger partial charge in [-0.15, -0.1) is 0 Å². The number of carboxylic acids is 1. The molecule has 0 bridgehead atoms. The third-order valence-electron chi connectivity index (χ3n) is 2.44. The van der Waals surface area contributed by atoms with E-state index in [4.69, 9.17) is 9.52 Å². The van der Waals surface area contributed by atoms with Crippen molar-refractivity contribution >= 4 is 34.7 Å². The molecule has 2 rings (SSSR count). The number of aliphatic carboxylic acids is 1. The van der Waals surface area contributed by atoms with Gasteiger partial charge in [-0.05, 0) is 12.1 Å². The molecule has 7 heteroatoms. The molecule has 0 spiro atoms. The summed E-state index contributed by atoms with van der Waals surface area (Å²) in [6, 6.07) is 7.15. The van der Waals surface area contributed by atoms with Crippen molar-refractivity contribution < 1.29 is 19.1 Å². The SMILES string of the molecule is CNC(=O)CC(Sc1nc2ccccc2o1)C(=O)O. The number of para-hydroxylation sites is 2. The van der Waals surface area contributed by atoms with Gasteiger partial charge in [0.1, 0.15) is 10.8 Å². The number of amides is 1. The number of fused-ring (bicyclic) bond motifs is 1. The van der Waals surface area contributed by atoms with Crippen LogP contribution in [-0.4, -0.2) is 34.3 Å². The number of benzene rings is 1. The van der Waals surface area contributed by atoms with Gasteiger partial charge in [-0.2, -0.15) is 0 Å². The number of rotatable bonds is 5. The molecule has 2 N–H and O–H groups in total. The number of nitrogens with zero attached hydrogens (tertiary/aromatic N) is 1. The highest BCUT2D eigenvalue weighted by atomic mass is 32.2. The van der Waals surface area contributed by atoms with Crippen LogP contribution in [-0.2, 0) is 9.59 Å². The highest BCUT2D eigenvalue weighted by Crippen LogP contribution is 2.28. The number of carbonyl (C=O) groups is 2. The van der Waals surface area contributed by atoms with E-state index in [1.807, 2.05) is 6.07 Å². The first kappa shape index (κ1) is 13.4. The molecule has 1 atom stereocenters. The Hall–Kier alpha value is -2.02. The zero-order valence-electron chi connectivity index (χ0n) is 10.1. The van der Waals surface area contributed by atoms with Crippen LogP contribution in [0.1, 0.15) is 6.42 Å². The minimum absolute atomic E-state index is 0.130. The van der Waals surface area contributed by atoms with E-state index >= 15 is 0 Å². The lowest BCUT2D eigenvalue weighted by Crippen LogP contribution is -2.27. The van der Waals surface area contributed by atoms with E-state index in [-0.39, 0.29) is 17.6 Å². The molecule has 6 nitrogen and oxygen atoms in total. The summed E-state index contributed by atoms with van der Waals surface area (Å²) in [7, 11) is 1.46. The van der Waals surface area contributed by atoms with E-state index in [9.17, 15) is 9.59 Å². The van der Waals surface area contributed by atoms with Crippen molar-refractivity contribution in [3.63, 3.8) is 0 Å². The van der Waals surface area contributed by atoms with Crippen molar-refractivity contribution in [1.82, 2.24) is 10.3 Å². The van der Waals surface area contributed by atoms with E-state index in [0.29, 0.717) is 11.1 Å². The lowest BCUT2D eigenvalue weighted by atomic mass is 10.3. The standard InChI is InChI=1S/C12H12N2O4S/c1-13-10(15)6-9(11(16)17)19-12-14-7-4-2-3-5-8(7)18-12/h2-5,9H,6H2,1H3,(H,13,15)(H,16,17). The predicted octanol–water partition coefficient (Wildman–Crippen LogP) is 1.51. The predicted molar refractivity (Wildman–Crippen MR) is 70.0 cm³/mol. The molecular weight excluding hydrogens is 268 g/mol. The third kappa shape index (κ3) is 3.25. The van der Waals surface area contributed by atoms with E-state index in [1.165, 1.54) is 7.05 Å². The third-order valence-corrected chi connectivity index (χ3v) is 3.47. The first-order valence-corrected chi connectivity index (χ1v) is 6.43. The number of oxazole rings is 1. The molecule has 0 aliphatic carbocycles. The lowest BCUT2D eigenvalue weighted by Gasteiger charge is -2.07. The van der Waals surface area contributed by atoms with Crippen LogP contribution in [0.2, 0.25) is 0 Å². The van der Waals surface area contributed by atoms with Crippen molar-refractivity contribution in [1.29, 1.82) is 0 Å². The summed E-state index contributed by atoms with van der Waals surface area (Å²) in [5, 5.41) is 10.8. The maximum atomic E-state index is 11.3. The molecule has 0 radical (unpaired) electrons. The zero-order valence-corrected chi connectivity index (χ0v) is 10.9. The second-order valence-corrected chi connectivity index (χ2v) is 4.92. The van der Waals surface area contributed by atoms with E-state index in [1.54, 1.807) is 18.2 Å². The molecule has 1 aromatic heterocycles. The number of hydrogen-bond acceptors (Lipinski definition) is 5. The van der Waals surface area contributed by atoms with Crippen molar-refractivity contribution in [2.24, 2.45) is 0 Å². The fourth-order valence-corrected chi connectivity index (χ4v) is 2.34. The van der Waals surface area contributed by atoms with Gasteiger partial charge in [-0.1, -0.05) is 23.9 Å². The molecule has 0 aliphatic rings. The summed E-state index contributed by atoms with van der Waals surface area (Å²) in [4.78, 5) is 26.5. The molecule has 0 saturated carbocycles. The fraction of sp³-hybridized carbons (Fsp3) is 0.250. The van der Waals surface area contributed by atoms with Crippen LogP contribution in [0.15, 0.2) is 33.9 Å².